The summed E-state index contributed by atoms with van der Waals surface area (Å²) in [6, 6.07) is 15.3. The summed E-state index contributed by atoms with van der Waals surface area (Å²) in [5.74, 6) is 0.612. The SMILES string of the molecule is CCOc1ccc(C(=O)Nc2ccc(CCC3COC(N)=N3)cc2)cc1. The van der Waals surface area contributed by atoms with Crippen LogP contribution in [0.5, 0.6) is 5.75 Å². The maximum atomic E-state index is 12.3. The molecule has 1 heterocycles. The smallest absolute Gasteiger partial charge is 0.282 e. The summed E-state index contributed by atoms with van der Waals surface area (Å²) in [5.41, 5.74) is 8.05. The van der Waals surface area contributed by atoms with E-state index in [0.29, 0.717) is 18.8 Å². The lowest BCUT2D eigenvalue weighted by Gasteiger charge is -2.08. The maximum absolute atomic E-state index is 12.3. The van der Waals surface area contributed by atoms with Gasteiger partial charge in [0.2, 0.25) is 0 Å². The first-order valence-corrected chi connectivity index (χ1v) is 8.73. The van der Waals surface area contributed by atoms with E-state index < -0.39 is 0 Å². The van der Waals surface area contributed by atoms with Crippen LogP contribution in [0.25, 0.3) is 0 Å². The molecule has 3 N–H and O–H groups in total. The number of amidine groups is 1. The number of aryl methyl sites for hydroxylation is 1. The van der Waals surface area contributed by atoms with E-state index in [1.165, 1.54) is 5.56 Å². The van der Waals surface area contributed by atoms with Crippen LogP contribution in [0.3, 0.4) is 0 Å². The highest BCUT2D eigenvalue weighted by Crippen LogP contribution is 2.17. The van der Waals surface area contributed by atoms with Crippen molar-refractivity contribution in [2.45, 2.75) is 25.8 Å². The Balaban J connectivity index is 1.52. The summed E-state index contributed by atoms with van der Waals surface area (Å²) in [4.78, 5) is 16.5. The molecule has 0 saturated heterocycles. The number of hydrogen-bond acceptors (Lipinski definition) is 5. The molecule has 136 valence electrons. The van der Waals surface area contributed by atoms with Crippen molar-refractivity contribution in [3.8, 4) is 5.75 Å². The number of benzene rings is 2. The van der Waals surface area contributed by atoms with Crippen molar-refractivity contribution in [3.63, 3.8) is 0 Å². The van der Waals surface area contributed by atoms with Crippen LogP contribution < -0.4 is 15.8 Å². The van der Waals surface area contributed by atoms with E-state index in [-0.39, 0.29) is 18.0 Å². The third-order valence-corrected chi connectivity index (χ3v) is 4.14. The van der Waals surface area contributed by atoms with Crippen LogP contribution in [-0.4, -0.2) is 31.2 Å². The van der Waals surface area contributed by atoms with Gasteiger partial charge >= 0.3 is 0 Å². The second-order valence-corrected chi connectivity index (χ2v) is 6.08. The molecule has 0 aromatic heterocycles. The maximum Gasteiger partial charge on any atom is 0.282 e. The third-order valence-electron chi connectivity index (χ3n) is 4.14. The van der Waals surface area contributed by atoms with E-state index in [4.69, 9.17) is 15.2 Å². The largest absolute Gasteiger partial charge is 0.494 e. The number of carbonyl (C=O) groups excluding carboxylic acids is 1. The molecule has 1 amide bonds. The van der Waals surface area contributed by atoms with Gasteiger partial charge in [-0.05, 0) is 61.7 Å². The molecule has 1 atom stereocenters. The topological polar surface area (TPSA) is 85.9 Å². The first kappa shape index (κ1) is 17.8. The number of nitrogens with two attached hydrogens (primary N) is 1. The zero-order valence-electron chi connectivity index (χ0n) is 14.8. The summed E-state index contributed by atoms with van der Waals surface area (Å²) in [6.07, 6.45) is 1.77. The van der Waals surface area contributed by atoms with Crippen LogP contribution in [0.1, 0.15) is 29.3 Å². The molecule has 6 heteroatoms. The number of hydrogen-bond donors (Lipinski definition) is 2. The minimum Gasteiger partial charge on any atom is -0.494 e. The molecule has 2 aromatic rings. The molecule has 0 fully saturated rings. The average molecular weight is 353 g/mol. The number of nitrogens with one attached hydrogen (secondary N) is 1. The van der Waals surface area contributed by atoms with Crippen molar-refractivity contribution in [2.75, 3.05) is 18.5 Å². The second kappa shape index (κ2) is 8.38. The summed E-state index contributed by atoms with van der Waals surface area (Å²) < 4.78 is 10.5. The van der Waals surface area contributed by atoms with E-state index in [2.05, 4.69) is 10.3 Å². The molecule has 0 radical (unpaired) electrons. The number of anilines is 1. The molecule has 2 aromatic carbocycles. The standard InChI is InChI=1S/C20H23N3O3/c1-2-25-18-11-6-15(7-12-18)19(24)22-16-8-3-14(4-9-16)5-10-17-13-26-20(21)23-17/h3-4,6-9,11-12,17H,2,5,10,13H2,1H3,(H2,21,23)(H,22,24). The van der Waals surface area contributed by atoms with Crippen molar-refractivity contribution in [3.05, 3.63) is 59.7 Å². The lowest BCUT2D eigenvalue weighted by atomic mass is 10.1. The fourth-order valence-electron chi connectivity index (χ4n) is 2.74. The van der Waals surface area contributed by atoms with Crippen LogP contribution in [0.2, 0.25) is 0 Å². The second-order valence-electron chi connectivity index (χ2n) is 6.08. The van der Waals surface area contributed by atoms with Gasteiger partial charge < -0.3 is 20.5 Å². The highest BCUT2D eigenvalue weighted by atomic mass is 16.5. The Morgan fingerprint density at radius 2 is 1.96 bits per heavy atom. The molecule has 3 rings (SSSR count). The summed E-state index contributed by atoms with van der Waals surface area (Å²) in [7, 11) is 0. The summed E-state index contributed by atoms with van der Waals surface area (Å²) in [6.45, 7) is 3.09. The Morgan fingerprint density at radius 1 is 1.23 bits per heavy atom. The van der Waals surface area contributed by atoms with Crippen molar-refractivity contribution >= 4 is 17.6 Å². The lowest BCUT2D eigenvalue weighted by molar-refractivity contribution is 0.102. The Morgan fingerprint density at radius 3 is 2.58 bits per heavy atom. The highest BCUT2D eigenvalue weighted by Gasteiger charge is 2.16. The number of ether oxygens (including phenoxy) is 2. The third kappa shape index (κ3) is 4.75. The Labute approximate surface area is 153 Å². The van der Waals surface area contributed by atoms with Crippen molar-refractivity contribution in [1.82, 2.24) is 0 Å². The molecular weight excluding hydrogens is 330 g/mol. The van der Waals surface area contributed by atoms with Gasteiger partial charge in [0.15, 0.2) is 0 Å². The predicted octanol–water partition coefficient (Wildman–Crippen LogP) is 2.98. The molecule has 1 aliphatic heterocycles. The van der Waals surface area contributed by atoms with Gasteiger partial charge in [-0.3, -0.25) is 4.79 Å². The molecule has 0 bridgehead atoms. The zero-order chi connectivity index (χ0) is 18.4. The van der Waals surface area contributed by atoms with Crippen molar-refractivity contribution in [1.29, 1.82) is 0 Å². The van der Waals surface area contributed by atoms with Crippen LogP contribution >= 0.6 is 0 Å². The van der Waals surface area contributed by atoms with Crippen LogP contribution in [0, 0.1) is 0 Å². The Kier molecular flexibility index (Phi) is 5.73. The van der Waals surface area contributed by atoms with Crippen LogP contribution in [-0.2, 0) is 11.2 Å². The molecule has 0 spiro atoms. The Bertz CT molecular complexity index is 770. The number of amides is 1. The molecule has 0 aliphatic carbocycles. The normalized spacial score (nSPS) is 15.9. The first-order valence-electron chi connectivity index (χ1n) is 8.73. The predicted molar refractivity (Wildman–Crippen MR) is 102 cm³/mol. The lowest BCUT2D eigenvalue weighted by Crippen LogP contribution is -2.12. The van der Waals surface area contributed by atoms with Gasteiger partial charge in [0, 0.05) is 11.3 Å². The molecule has 1 unspecified atom stereocenters. The number of carbonyl (C=O) groups is 1. The fraction of sp³-hybridized carbons (Fsp3) is 0.300. The van der Waals surface area contributed by atoms with Gasteiger partial charge in [-0.2, -0.15) is 0 Å². The van der Waals surface area contributed by atoms with Gasteiger partial charge in [0.25, 0.3) is 11.9 Å². The summed E-state index contributed by atoms with van der Waals surface area (Å²) in [5, 5.41) is 2.90. The average Bonchev–Trinajstić information content (AvgIpc) is 3.07. The van der Waals surface area contributed by atoms with Gasteiger partial charge in [0.05, 0.1) is 12.6 Å². The van der Waals surface area contributed by atoms with Gasteiger partial charge in [-0.25, -0.2) is 4.99 Å². The van der Waals surface area contributed by atoms with E-state index in [0.717, 1.165) is 24.3 Å². The molecule has 6 nitrogen and oxygen atoms in total. The highest BCUT2D eigenvalue weighted by molar-refractivity contribution is 6.04. The minimum atomic E-state index is -0.145. The molecule has 1 aliphatic rings. The van der Waals surface area contributed by atoms with E-state index >= 15 is 0 Å². The number of aliphatic imine (C=N–C) groups is 1. The Hall–Kier alpha value is -3.02. The van der Waals surface area contributed by atoms with Crippen LogP contribution in [0.15, 0.2) is 53.5 Å². The fourth-order valence-corrected chi connectivity index (χ4v) is 2.74. The molecule has 0 saturated carbocycles. The van der Waals surface area contributed by atoms with Gasteiger partial charge in [-0.15, -0.1) is 0 Å². The van der Waals surface area contributed by atoms with Crippen LogP contribution in [0.4, 0.5) is 5.69 Å². The monoisotopic (exact) mass is 353 g/mol. The number of rotatable bonds is 7. The molecule has 26 heavy (non-hydrogen) atoms. The van der Waals surface area contributed by atoms with Crippen molar-refractivity contribution in [2.24, 2.45) is 10.7 Å². The summed E-state index contributed by atoms with van der Waals surface area (Å²) >= 11 is 0. The number of nitrogens with zero attached hydrogens (tertiary/aromatic N) is 1. The van der Waals surface area contributed by atoms with Gasteiger partial charge in [0.1, 0.15) is 12.4 Å². The van der Waals surface area contributed by atoms with Crippen molar-refractivity contribution < 1.29 is 14.3 Å². The van der Waals surface area contributed by atoms with Gasteiger partial charge in [-0.1, -0.05) is 12.1 Å². The quantitative estimate of drug-likeness (QED) is 0.801. The van der Waals surface area contributed by atoms with E-state index in [9.17, 15) is 4.79 Å². The van der Waals surface area contributed by atoms with E-state index in [1.54, 1.807) is 24.3 Å². The van der Waals surface area contributed by atoms with E-state index in [1.807, 2.05) is 31.2 Å². The molecular formula is C20H23N3O3. The first-order chi connectivity index (χ1) is 12.6. The minimum absolute atomic E-state index is 0.133. The zero-order valence-corrected chi connectivity index (χ0v) is 14.8.